The minimum atomic E-state index is 0. The average molecular weight is 320 g/mol. The summed E-state index contributed by atoms with van der Waals surface area (Å²) in [6, 6.07) is 9.10. The molecule has 1 aliphatic rings. The van der Waals surface area contributed by atoms with Gasteiger partial charge in [-0.1, -0.05) is 30.3 Å². The molecular weight excluding hydrogens is 301 g/mol. The Kier molecular flexibility index (Phi) is 21.1. The molecule has 0 bridgehead atoms. The Labute approximate surface area is 134 Å². The van der Waals surface area contributed by atoms with Crippen LogP contribution in [0, 0.1) is 6.08 Å². The van der Waals surface area contributed by atoms with Gasteiger partial charge in [-0.3, -0.25) is 6.08 Å². The van der Waals surface area contributed by atoms with Crippen LogP contribution in [-0.2, 0) is 20.0 Å². The van der Waals surface area contributed by atoms with Crippen LogP contribution in [0.2, 0.25) is 0 Å². The van der Waals surface area contributed by atoms with Crippen molar-refractivity contribution in [2.24, 2.45) is 0 Å². The predicted octanol–water partition coefficient (Wildman–Crippen LogP) is 5.26. The van der Waals surface area contributed by atoms with E-state index in [0.717, 1.165) is 6.42 Å². The summed E-state index contributed by atoms with van der Waals surface area (Å²) in [5.74, 6) is 0. The average Bonchev–Trinajstić information content (AvgIpc) is 2.75. The Bertz CT molecular complexity index is 334. The molecule has 0 unspecified atom stereocenters. The fraction of sp³-hybridized carbons (Fsp3) is 0.214. The molecule has 0 heterocycles. The standard InChI is InChI=1S/C6H6N.C5H5.C3H6.2ClH.Ti/c7-6-4-2-1-3-5-6;1-2-4-5-3-1;1-3-2;;;/h1-5,7H;1-3H,4H2;1-2H3;2*1H;/q2*-1;;;;+2. The van der Waals surface area contributed by atoms with Gasteiger partial charge in [-0.15, -0.1) is 36.9 Å². The minimum absolute atomic E-state index is 0. The first kappa shape index (κ1) is 22.8. The molecule has 0 saturated carbocycles. The zero-order valence-electron chi connectivity index (χ0n) is 10.6. The number of hydrogen-bond acceptors (Lipinski definition) is 0. The molecular formula is C14H19Cl2NTi. The van der Waals surface area contributed by atoms with Gasteiger partial charge in [0.25, 0.3) is 0 Å². The summed E-state index contributed by atoms with van der Waals surface area (Å²) in [6.07, 6.45) is 10.0. The van der Waals surface area contributed by atoms with Gasteiger partial charge >= 0.3 is 37.6 Å². The zero-order chi connectivity index (χ0) is 12.2. The number of hydrogen-bond donors (Lipinski definition) is 0. The third-order valence-corrected chi connectivity index (χ3v) is 1.36. The second-order valence-electron chi connectivity index (χ2n) is 3.37. The number of rotatable bonds is 0. The Balaban J connectivity index is -0.000000185. The third-order valence-electron chi connectivity index (χ3n) is 1.36. The summed E-state index contributed by atoms with van der Waals surface area (Å²) in [6.45, 7) is 4.17. The molecule has 0 fully saturated rings. The molecule has 0 spiro atoms. The maximum absolute atomic E-state index is 7.00. The summed E-state index contributed by atoms with van der Waals surface area (Å²) in [5, 5.41) is 0. The van der Waals surface area contributed by atoms with Crippen LogP contribution in [0.4, 0.5) is 5.69 Å². The smallest absolute Gasteiger partial charge is 0.0624 e. The van der Waals surface area contributed by atoms with Crippen molar-refractivity contribution in [2.45, 2.75) is 20.3 Å². The number of benzene rings is 1. The van der Waals surface area contributed by atoms with Gasteiger partial charge in [0, 0.05) is 0 Å². The van der Waals surface area contributed by atoms with Crippen molar-refractivity contribution in [1.82, 2.24) is 0 Å². The Hall–Kier alpha value is -0.336. The first-order valence-electron chi connectivity index (χ1n) is 5.13. The van der Waals surface area contributed by atoms with Crippen LogP contribution in [0.3, 0.4) is 0 Å². The molecule has 0 saturated heterocycles. The van der Waals surface area contributed by atoms with Crippen molar-refractivity contribution in [2.75, 3.05) is 0 Å². The van der Waals surface area contributed by atoms with E-state index in [2.05, 4.69) is 46.0 Å². The summed E-state index contributed by atoms with van der Waals surface area (Å²) in [4.78, 5) is 0. The first-order chi connectivity index (χ1) is 7.63. The number of allylic oxidation sites excluding steroid dienone is 4. The maximum atomic E-state index is 7.00. The van der Waals surface area contributed by atoms with E-state index in [-0.39, 0.29) is 24.8 Å². The topological polar surface area (TPSA) is 23.8 Å². The molecule has 2 rings (SSSR count). The molecule has 4 heteroatoms. The van der Waals surface area contributed by atoms with Gasteiger partial charge in [-0.05, 0) is 0 Å². The fourth-order valence-electron chi connectivity index (χ4n) is 0.778. The van der Waals surface area contributed by atoms with Crippen LogP contribution in [0.1, 0.15) is 20.3 Å². The quantitative estimate of drug-likeness (QED) is 0.460. The Morgan fingerprint density at radius 2 is 1.67 bits per heavy atom. The fourth-order valence-corrected chi connectivity index (χ4v) is 0.778. The molecule has 18 heavy (non-hydrogen) atoms. The van der Waals surface area contributed by atoms with Gasteiger partial charge in [-0.2, -0.15) is 6.08 Å². The summed E-state index contributed by atoms with van der Waals surface area (Å²) in [5.41, 5.74) is 7.57. The molecule has 0 radical (unpaired) electrons. The second kappa shape index (κ2) is 16.7. The second-order valence-corrected chi connectivity index (χ2v) is 4.93. The molecule has 1 N–H and O–H groups in total. The van der Waals surface area contributed by atoms with E-state index in [4.69, 9.17) is 5.73 Å². The summed E-state index contributed by atoms with van der Waals surface area (Å²) in [7, 11) is 0. The zero-order valence-corrected chi connectivity index (χ0v) is 13.8. The van der Waals surface area contributed by atoms with E-state index in [1.54, 1.807) is 12.1 Å². The van der Waals surface area contributed by atoms with Crippen LogP contribution >= 0.6 is 24.8 Å². The van der Waals surface area contributed by atoms with Crippen molar-refractivity contribution >= 4 is 34.3 Å². The molecule has 1 aromatic rings. The molecule has 98 valence electrons. The van der Waals surface area contributed by atoms with E-state index in [1.165, 1.54) is 3.81 Å². The SMILES string of the molecule is C[C](C)=[Ti+2].Cl.Cl.[C-]1=CC=CC1.[NH-]c1ccccc1. The third kappa shape index (κ3) is 21.0. The van der Waals surface area contributed by atoms with E-state index in [0.29, 0.717) is 5.69 Å². The van der Waals surface area contributed by atoms with Crippen molar-refractivity contribution in [3.63, 3.8) is 0 Å². The number of nitrogens with one attached hydrogen (secondary N) is 1. The first-order valence-corrected chi connectivity index (χ1v) is 5.91. The molecule has 1 aliphatic carbocycles. The van der Waals surface area contributed by atoms with Gasteiger partial charge < -0.3 is 5.73 Å². The van der Waals surface area contributed by atoms with Gasteiger partial charge in [0.2, 0.25) is 0 Å². The van der Waals surface area contributed by atoms with Gasteiger partial charge in [0.1, 0.15) is 0 Å². The van der Waals surface area contributed by atoms with E-state index >= 15 is 0 Å². The van der Waals surface area contributed by atoms with Crippen LogP contribution in [0.5, 0.6) is 0 Å². The normalized spacial score (nSPS) is 9.78. The molecule has 1 nitrogen and oxygen atoms in total. The van der Waals surface area contributed by atoms with E-state index < -0.39 is 0 Å². The van der Waals surface area contributed by atoms with Crippen LogP contribution in [-0.4, -0.2) is 3.81 Å². The maximum Gasteiger partial charge on any atom is -0.0624 e. The van der Waals surface area contributed by atoms with E-state index in [9.17, 15) is 0 Å². The molecule has 0 atom stereocenters. The van der Waals surface area contributed by atoms with Crippen molar-refractivity contribution < 1.29 is 20.0 Å². The Morgan fingerprint density at radius 3 is 1.83 bits per heavy atom. The monoisotopic (exact) mass is 319 g/mol. The van der Waals surface area contributed by atoms with Crippen molar-refractivity contribution in [3.8, 4) is 0 Å². The summed E-state index contributed by atoms with van der Waals surface area (Å²) < 4.78 is 1.42. The van der Waals surface area contributed by atoms with Gasteiger partial charge in [0.05, 0.1) is 0 Å². The molecule has 0 aromatic heterocycles. The molecule has 0 aliphatic heterocycles. The minimum Gasteiger partial charge on any atom is -0.699 e. The van der Waals surface area contributed by atoms with Crippen LogP contribution in [0.25, 0.3) is 5.73 Å². The van der Waals surface area contributed by atoms with Crippen molar-refractivity contribution in [1.29, 1.82) is 0 Å². The summed E-state index contributed by atoms with van der Waals surface area (Å²) >= 11 is 2.08. The van der Waals surface area contributed by atoms with Crippen LogP contribution < -0.4 is 0 Å². The van der Waals surface area contributed by atoms with Gasteiger partial charge in [-0.25, -0.2) is 12.2 Å². The van der Waals surface area contributed by atoms with E-state index in [1.807, 2.05) is 30.4 Å². The van der Waals surface area contributed by atoms with Crippen molar-refractivity contribution in [3.05, 3.63) is 60.4 Å². The van der Waals surface area contributed by atoms with Crippen LogP contribution in [0.15, 0.2) is 48.6 Å². The predicted molar refractivity (Wildman–Crippen MR) is 82.8 cm³/mol. The Morgan fingerprint density at radius 1 is 1.17 bits per heavy atom. The molecule has 0 amide bonds. The van der Waals surface area contributed by atoms with Gasteiger partial charge in [0.15, 0.2) is 0 Å². The largest absolute Gasteiger partial charge is 0.699 e. The molecule has 1 aromatic carbocycles. The number of halogens is 2.